The zero-order chi connectivity index (χ0) is 15.0. The fourth-order valence-corrected chi connectivity index (χ4v) is 2.77. The molecule has 3 rings (SSSR count). The molecule has 2 atom stereocenters. The van der Waals surface area contributed by atoms with Gasteiger partial charge in [-0.2, -0.15) is 0 Å². The van der Waals surface area contributed by atoms with Crippen molar-refractivity contribution >= 4 is 22.1 Å². The van der Waals surface area contributed by atoms with E-state index in [2.05, 4.69) is 10.3 Å². The van der Waals surface area contributed by atoms with Crippen molar-refractivity contribution in [2.75, 3.05) is 24.2 Å². The van der Waals surface area contributed by atoms with Crippen molar-refractivity contribution in [3.05, 3.63) is 30.1 Å². The third-order valence-corrected chi connectivity index (χ3v) is 4.32. The lowest BCUT2D eigenvalue weighted by molar-refractivity contribution is -0.0175. The van der Waals surface area contributed by atoms with E-state index in [1.54, 1.807) is 6.20 Å². The fourth-order valence-electron chi connectivity index (χ4n) is 2.77. The van der Waals surface area contributed by atoms with Crippen molar-refractivity contribution in [3.8, 4) is 0 Å². The van der Waals surface area contributed by atoms with Crippen molar-refractivity contribution in [1.82, 2.24) is 4.98 Å². The maximum absolute atomic E-state index is 10.6. The lowest BCUT2D eigenvalue weighted by Crippen LogP contribution is -2.43. The van der Waals surface area contributed by atoms with Crippen LogP contribution in [0, 0.1) is 6.92 Å². The van der Waals surface area contributed by atoms with Gasteiger partial charge >= 0.3 is 0 Å². The summed E-state index contributed by atoms with van der Waals surface area (Å²) < 4.78 is 5.46. The molecule has 0 spiro atoms. The summed E-state index contributed by atoms with van der Waals surface area (Å²) in [6.07, 6.45) is 2.28. The quantitative estimate of drug-likeness (QED) is 0.753. The van der Waals surface area contributed by atoms with Gasteiger partial charge in [0.05, 0.1) is 6.10 Å². The number of rotatable bonds is 3. The van der Waals surface area contributed by atoms with Crippen LogP contribution in [-0.2, 0) is 4.74 Å². The number of nitrogens with zero attached hydrogens (tertiary/aromatic N) is 1. The summed E-state index contributed by atoms with van der Waals surface area (Å²) in [5, 5.41) is 15.9. The van der Waals surface area contributed by atoms with Crippen molar-refractivity contribution in [2.45, 2.75) is 32.0 Å². The number of pyridine rings is 1. The van der Waals surface area contributed by atoms with Crippen LogP contribution in [0.4, 0.5) is 11.4 Å². The van der Waals surface area contributed by atoms with E-state index in [0.717, 1.165) is 22.2 Å². The maximum atomic E-state index is 10.6. The van der Waals surface area contributed by atoms with Crippen LogP contribution in [0.1, 0.15) is 19.0 Å². The number of hydrogen-bond acceptors (Lipinski definition) is 5. The molecule has 4 N–H and O–H groups in total. The van der Waals surface area contributed by atoms with E-state index in [1.165, 1.54) is 0 Å². The van der Waals surface area contributed by atoms with E-state index < -0.39 is 5.60 Å². The standard InChI is InChI=1S/C16H21N3O2/c1-10-7-12-13(8-18-10)14(17)3-4-15(12)19-9-16(20)5-6-21-11(16)2/h3-4,7-8,11,19-20H,5-6,9,17H2,1-2H3. The third kappa shape index (κ3) is 2.54. The molecule has 21 heavy (non-hydrogen) atoms. The molecule has 0 aliphatic carbocycles. The Morgan fingerprint density at radius 3 is 3.00 bits per heavy atom. The van der Waals surface area contributed by atoms with Gasteiger partial charge in [0.15, 0.2) is 0 Å². The number of nitrogens with one attached hydrogen (secondary N) is 1. The summed E-state index contributed by atoms with van der Waals surface area (Å²) in [5.74, 6) is 0. The highest BCUT2D eigenvalue weighted by Crippen LogP contribution is 2.31. The number of hydrogen-bond donors (Lipinski definition) is 3. The van der Waals surface area contributed by atoms with Gasteiger partial charge in [-0.15, -0.1) is 0 Å². The number of aryl methyl sites for hydroxylation is 1. The van der Waals surface area contributed by atoms with Crippen LogP contribution in [0.2, 0.25) is 0 Å². The highest BCUT2D eigenvalue weighted by Gasteiger charge is 2.39. The minimum Gasteiger partial charge on any atom is -0.398 e. The van der Waals surface area contributed by atoms with E-state index >= 15 is 0 Å². The number of anilines is 2. The van der Waals surface area contributed by atoms with E-state index in [0.29, 0.717) is 25.3 Å². The van der Waals surface area contributed by atoms with Gasteiger partial charge in [0, 0.05) is 53.6 Å². The number of nitrogen functional groups attached to an aromatic ring is 1. The first-order valence-electron chi connectivity index (χ1n) is 7.22. The summed E-state index contributed by atoms with van der Waals surface area (Å²) in [5.41, 5.74) is 7.78. The predicted octanol–water partition coefficient (Wildman–Crippen LogP) is 2.08. The molecule has 112 valence electrons. The van der Waals surface area contributed by atoms with Crippen LogP contribution in [-0.4, -0.2) is 34.9 Å². The Bertz CT molecular complexity index is 674. The first-order valence-corrected chi connectivity index (χ1v) is 7.22. The number of ether oxygens (including phenoxy) is 1. The van der Waals surface area contributed by atoms with Gasteiger partial charge < -0.3 is 20.9 Å². The van der Waals surface area contributed by atoms with Crippen LogP contribution < -0.4 is 11.1 Å². The van der Waals surface area contributed by atoms with Crippen LogP contribution in [0.25, 0.3) is 10.8 Å². The van der Waals surface area contributed by atoms with Crippen molar-refractivity contribution in [1.29, 1.82) is 0 Å². The van der Waals surface area contributed by atoms with E-state index in [1.807, 2.05) is 32.0 Å². The number of aromatic nitrogens is 1. The van der Waals surface area contributed by atoms with Gasteiger partial charge in [-0.1, -0.05) is 0 Å². The van der Waals surface area contributed by atoms with E-state index in [-0.39, 0.29) is 6.10 Å². The lowest BCUT2D eigenvalue weighted by atomic mass is 9.96. The number of aliphatic hydroxyl groups is 1. The second kappa shape index (κ2) is 5.16. The first kappa shape index (κ1) is 14.1. The van der Waals surface area contributed by atoms with Crippen LogP contribution in [0.15, 0.2) is 24.4 Å². The Kier molecular flexibility index (Phi) is 3.47. The second-order valence-electron chi connectivity index (χ2n) is 5.79. The Labute approximate surface area is 124 Å². The molecule has 1 aliphatic rings. The molecular weight excluding hydrogens is 266 g/mol. The summed E-state index contributed by atoms with van der Waals surface area (Å²) in [6, 6.07) is 5.81. The van der Waals surface area contributed by atoms with Crippen molar-refractivity contribution in [2.24, 2.45) is 0 Å². The molecule has 1 aromatic heterocycles. The third-order valence-electron chi connectivity index (χ3n) is 4.32. The maximum Gasteiger partial charge on any atom is 0.110 e. The predicted molar refractivity (Wildman–Crippen MR) is 84.4 cm³/mol. The van der Waals surface area contributed by atoms with Crippen molar-refractivity contribution in [3.63, 3.8) is 0 Å². The highest BCUT2D eigenvalue weighted by atomic mass is 16.5. The lowest BCUT2D eigenvalue weighted by Gasteiger charge is -2.27. The minimum atomic E-state index is -0.824. The first-order chi connectivity index (χ1) is 9.99. The van der Waals surface area contributed by atoms with Gasteiger partial charge in [-0.3, -0.25) is 4.98 Å². The minimum absolute atomic E-state index is 0.159. The van der Waals surface area contributed by atoms with Crippen LogP contribution in [0.5, 0.6) is 0 Å². The average Bonchev–Trinajstić information content (AvgIpc) is 2.78. The van der Waals surface area contributed by atoms with Gasteiger partial charge in [-0.05, 0) is 32.0 Å². The smallest absolute Gasteiger partial charge is 0.110 e. The van der Waals surface area contributed by atoms with Crippen LogP contribution >= 0.6 is 0 Å². The van der Waals surface area contributed by atoms with Gasteiger partial charge in [-0.25, -0.2) is 0 Å². The summed E-state index contributed by atoms with van der Waals surface area (Å²) >= 11 is 0. The Hall–Kier alpha value is -1.85. The Balaban J connectivity index is 1.91. The Morgan fingerprint density at radius 2 is 2.29 bits per heavy atom. The van der Waals surface area contributed by atoms with Crippen molar-refractivity contribution < 1.29 is 9.84 Å². The summed E-state index contributed by atoms with van der Waals surface area (Å²) in [4.78, 5) is 4.30. The van der Waals surface area contributed by atoms with Gasteiger partial charge in [0.25, 0.3) is 0 Å². The average molecular weight is 287 g/mol. The molecule has 1 aromatic carbocycles. The zero-order valence-corrected chi connectivity index (χ0v) is 12.4. The molecule has 2 aromatic rings. The van der Waals surface area contributed by atoms with Gasteiger partial charge in [0.2, 0.25) is 0 Å². The summed E-state index contributed by atoms with van der Waals surface area (Å²) in [6.45, 7) is 4.91. The molecule has 1 fully saturated rings. The van der Waals surface area contributed by atoms with E-state index in [9.17, 15) is 5.11 Å². The SMILES string of the molecule is Cc1cc2c(NCC3(O)CCOC3C)ccc(N)c2cn1. The normalized spacial score (nSPS) is 25.4. The highest BCUT2D eigenvalue weighted by molar-refractivity contribution is 6.00. The molecule has 0 radical (unpaired) electrons. The summed E-state index contributed by atoms with van der Waals surface area (Å²) in [7, 11) is 0. The topological polar surface area (TPSA) is 80.4 Å². The largest absolute Gasteiger partial charge is 0.398 e. The van der Waals surface area contributed by atoms with Gasteiger partial charge in [0.1, 0.15) is 5.60 Å². The molecule has 2 heterocycles. The molecular formula is C16H21N3O2. The monoisotopic (exact) mass is 287 g/mol. The molecule has 1 saturated heterocycles. The van der Waals surface area contributed by atoms with Crippen LogP contribution in [0.3, 0.4) is 0 Å². The van der Waals surface area contributed by atoms with E-state index in [4.69, 9.17) is 10.5 Å². The molecule has 0 bridgehead atoms. The molecule has 0 saturated carbocycles. The number of fused-ring (bicyclic) bond motifs is 1. The second-order valence-corrected chi connectivity index (χ2v) is 5.79. The number of benzene rings is 1. The molecule has 5 nitrogen and oxygen atoms in total. The molecule has 1 aliphatic heterocycles. The molecule has 0 amide bonds. The molecule has 2 unspecified atom stereocenters. The molecule has 5 heteroatoms. The number of nitrogens with two attached hydrogens (primary N) is 1. The zero-order valence-electron chi connectivity index (χ0n) is 12.4. The fraction of sp³-hybridized carbons (Fsp3) is 0.438. The Morgan fingerprint density at radius 1 is 1.48 bits per heavy atom.